The van der Waals surface area contributed by atoms with Crippen molar-refractivity contribution in [1.29, 1.82) is 0 Å². The molecule has 1 atom stereocenters. The maximum absolute atomic E-state index is 6.03. The van der Waals surface area contributed by atoms with Crippen LogP contribution in [0.3, 0.4) is 0 Å². The molecule has 8 heteroatoms. The molecule has 3 aromatic rings. The summed E-state index contributed by atoms with van der Waals surface area (Å²) in [5.41, 5.74) is 2.31. The minimum atomic E-state index is -0.190. The zero-order chi connectivity index (χ0) is 18.3. The lowest BCUT2D eigenvalue weighted by Crippen LogP contribution is -2.22. The van der Waals surface area contributed by atoms with Crippen molar-refractivity contribution < 1.29 is 14.0 Å². The Bertz CT molecular complexity index is 908. The zero-order valence-electron chi connectivity index (χ0n) is 15.3. The van der Waals surface area contributed by atoms with Crippen molar-refractivity contribution in [2.45, 2.75) is 45.4 Å². The van der Waals surface area contributed by atoms with E-state index < -0.39 is 0 Å². The average Bonchev–Trinajstić information content (AvgIpc) is 3.27. The Labute approximate surface area is 151 Å². The van der Waals surface area contributed by atoms with Gasteiger partial charge in [0.2, 0.25) is 0 Å². The van der Waals surface area contributed by atoms with E-state index in [-0.39, 0.29) is 11.5 Å². The van der Waals surface area contributed by atoms with Crippen molar-refractivity contribution in [1.82, 2.24) is 25.1 Å². The number of rotatable bonds is 3. The standard InChI is InChI=1S/C18H21N5O3/c1-18(2,3)17-19-16(26-21-17)15-13-10-25-14(9-23(13)22-20-15)11-5-7-12(24-4)8-6-11/h5-8,14H,9-10H2,1-4H3/t14-/m1/s1. The molecule has 26 heavy (non-hydrogen) atoms. The normalized spacial score (nSPS) is 17.2. The molecule has 0 aliphatic carbocycles. The predicted octanol–water partition coefficient (Wildman–Crippen LogP) is 2.91. The van der Waals surface area contributed by atoms with Gasteiger partial charge in [0.1, 0.15) is 11.9 Å². The summed E-state index contributed by atoms with van der Waals surface area (Å²) in [6, 6.07) is 7.85. The van der Waals surface area contributed by atoms with Gasteiger partial charge in [-0.1, -0.05) is 43.3 Å². The Kier molecular flexibility index (Phi) is 3.99. The lowest BCUT2D eigenvalue weighted by molar-refractivity contribution is -0.00119. The van der Waals surface area contributed by atoms with E-state index in [0.29, 0.717) is 30.6 Å². The van der Waals surface area contributed by atoms with E-state index >= 15 is 0 Å². The van der Waals surface area contributed by atoms with Gasteiger partial charge in [-0.25, -0.2) is 4.68 Å². The molecule has 0 spiro atoms. The van der Waals surface area contributed by atoms with Gasteiger partial charge in [0.05, 0.1) is 26.0 Å². The molecule has 0 fully saturated rings. The van der Waals surface area contributed by atoms with Gasteiger partial charge in [-0.15, -0.1) is 5.10 Å². The summed E-state index contributed by atoms with van der Waals surface area (Å²) >= 11 is 0. The van der Waals surface area contributed by atoms with E-state index in [1.54, 1.807) is 7.11 Å². The Hall–Kier alpha value is -2.74. The van der Waals surface area contributed by atoms with Crippen LogP contribution >= 0.6 is 0 Å². The Morgan fingerprint density at radius 2 is 1.96 bits per heavy atom. The predicted molar refractivity (Wildman–Crippen MR) is 92.5 cm³/mol. The molecule has 136 valence electrons. The summed E-state index contributed by atoms with van der Waals surface area (Å²) in [4.78, 5) is 4.47. The second-order valence-electron chi connectivity index (χ2n) is 7.31. The molecular weight excluding hydrogens is 334 g/mol. The molecule has 0 bridgehead atoms. The molecule has 2 aromatic heterocycles. The maximum Gasteiger partial charge on any atom is 0.280 e. The molecule has 4 rings (SSSR count). The Balaban J connectivity index is 1.57. The molecule has 1 aromatic carbocycles. The number of benzene rings is 1. The fourth-order valence-electron chi connectivity index (χ4n) is 2.82. The van der Waals surface area contributed by atoms with Gasteiger partial charge >= 0.3 is 0 Å². The fraction of sp³-hybridized carbons (Fsp3) is 0.444. The van der Waals surface area contributed by atoms with Crippen LogP contribution in [-0.4, -0.2) is 32.2 Å². The first-order chi connectivity index (χ1) is 12.5. The molecule has 1 aliphatic heterocycles. The van der Waals surface area contributed by atoms with Crippen molar-refractivity contribution in [2.75, 3.05) is 7.11 Å². The largest absolute Gasteiger partial charge is 0.497 e. The van der Waals surface area contributed by atoms with Crippen molar-refractivity contribution in [3.05, 3.63) is 41.3 Å². The van der Waals surface area contributed by atoms with Crippen LogP contribution in [0.25, 0.3) is 11.6 Å². The van der Waals surface area contributed by atoms with E-state index in [0.717, 1.165) is 17.0 Å². The highest BCUT2D eigenvalue weighted by molar-refractivity contribution is 5.50. The highest BCUT2D eigenvalue weighted by Gasteiger charge is 2.29. The lowest BCUT2D eigenvalue weighted by atomic mass is 9.96. The third-order valence-corrected chi connectivity index (χ3v) is 4.38. The topological polar surface area (TPSA) is 88.1 Å². The molecule has 0 saturated heterocycles. The number of nitrogens with zero attached hydrogens (tertiary/aromatic N) is 5. The van der Waals surface area contributed by atoms with E-state index in [4.69, 9.17) is 14.0 Å². The minimum absolute atomic E-state index is 0.0872. The number of aromatic nitrogens is 5. The average molecular weight is 355 g/mol. The lowest BCUT2D eigenvalue weighted by Gasteiger charge is -2.24. The smallest absolute Gasteiger partial charge is 0.280 e. The number of hydrogen-bond acceptors (Lipinski definition) is 7. The van der Waals surface area contributed by atoms with Gasteiger partial charge in [-0.2, -0.15) is 4.98 Å². The molecule has 0 amide bonds. The molecule has 8 nitrogen and oxygen atoms in total. The quantitative estimate of drug-likeness (QED) is 0.714. The molecule has 0 unspecified atom stereocenters. The third kappa shape index (κ3) is 2.96. The number of ether oxygens (including phenoxy) is 2. The van der Waals surface area contributed by atoms with Crippen molar-refractivity contribution in [3.63, 3.8) is 0 Å². The van der Waals surface area contributed by atoms with Gasteiger partial charge in [-0.3, -0.25) is 0 Å². The second kappa shape index (κ2) is 6.21. The fourth-order valence-corrected chi connectivity index (χ4v) is 2.82. The van der Waals surface area contributed by atoms with Crippen LogP contribution in [0, 0.1) is 0 Å². The second-order valence-corrected chi connectivity index (χ2v) is 7.31. The number of hydrogen-bond donors (Lipinski definition) is 0. The first-order valence-electron chi connectivity index (χ1n) is 8.48. The highest BCUT2D eigenvalue weighted by Crippen LogP contribution is 2.31. The molecule has 3 heterocycles. The summed E-state index contributed by atoms with van der Waals surface area (Å²) in [5, 5.41) is 12.5. The van der Waals surface area contributed by atoms with Crippen molar-refractivity contribution in [3.8, 4) is 17.3 Å². The molecule has 0 N–H and O–H groups in total. The number of fused-ring (bicyclic) bond motifs is 1. The maximum atomic E-state index is 6.03. The van der Waals surface area contributed by atoms with Crippen LogP contribution in [-0.2, 0) is 23.3 Å². The monoisotopic (exact) mass is 355 g/mol. The van der Waals surface area contributed by atoms with Crippen molar-refractivity contribution >= 4 is 0 Å². The van der Waals surface area contributed by atoms with Crippen LogP contribution in [0.4, 0.5) is 0 Å². The first-order valence-corrected chi connectivity index (χ1v) is 8.48. The summed E-state index contributed by atoms with van der Waals surface area (Å²) in [5.74, 6) is 1.84. The first kappa shape index (κ1) is 16.7. The SMILES string of the molecule is COc1ccc([C@H]2Cn3nnc(-c4nc(C(C)(C)C)no4)c3CO2)cc1. The Morgan fingerprint density at radius 1 is 1.19 bits per heavy atom. The Morgan fingerprint density at radius 3 is 2.62 bits per heavy atom. The summed E-state index contributed by atoms with van der Waals surface area (Å²) in [7, 11) is 1.65. The molecule has 0 saturated carbocycles. The van der Waals surface area contributed by atoms with Crippen LogP contribution in [0.1, 0.15) is 44.0 Å². The van der Waals surface area contributed by atoms with Crippen LogP contribution in [0.2, 0.25) is 0 Å². The molecule has 1 aliphatic rings. The van der Waals surface area contributed by atoms with E-state index in [9.17, 15) is 0 Å². The summed E-state index contributed by atoms with van der Waals surface area (Å²) in [6.07, 6.45) is -0.0872. The van der Waals surface area contributed by atoms with Gasteiger partial charge < -0.3 is 14.0 Å². The summed E-state index contributed by atoms with van der Waals surface area (Å²) in [6.45, 7) is 7.06. The van der Waals surface area contributed by atoms with E-state index in [1.807, 2.05) is 49.7 Å². The highest BCUT2D eigenvalue weighted by atomic mass is 16.5. The van der Waals surface area contributed by atoms with Crippen molar-refractivity contribution in [2.24, 2.45) is 0 Å². The zero-order valence-corrected chi connectivity index (χ0v) is 15.3. The summed E-state index contributed by atoms with van der Waals surface area (Å²) < 4.78 is 18.5. The van der Waals surface area contributed by atoms with Crippen LogP contribution in [0.5, 0.6) is 5.75 Å². The minimum Gasteiger partial charge on any atom is -0.497 e. The van der Waals surface area contributed by atoms with E-state index in [2.05, 4.69) is 20.5 Å². The molecule has 0 radical (unpaired) electrons. The molecular formula is C18H21N5O3. The van der Waals surface area contributed by atoms with Gasteiger partial charge in [-0.05, 0) is 17.7 Å². The van der Waals surface area contributed by atoms with Gasteiger partial charge in [0.15, 0.2) is 11.5 Å². The van der Waals surface area contributed by atoms with Crippen LogP contribution < -0.4 is 4.74 Å². The third-order valence-electron chi connectivity index (χ3n) is 4.38. The van der Waals surface area contributed by atoms with Crippen LogP contribution in [0.15, 0.2) is 28.8 Å². The van der Waals surface area contributed by atoms with E-state index in [1.165, 1.54) is 0 Å². The van der Waals surface area contributed by atoms with Gasteiger partial charge in [0, 0.05) is 5.41 Å². The van der Waals surface area contributed by atoms with Gasteiger partial charge in [0.25, 0.3) is 5.89 Å². The number of methoxy groups -OCH3 is 1.